The molecule has 2 heterocycles. The molecule has 5 rings (SSSR count). The summed E-state index contributed by atoms with van der Waals surface area (Å²) in [5.41, 5.74) is 4.71. The van der Waals surface area contributed by atoms with E-state index in [1.54, 1.807) is 11.8 Å². The monoisotopic (exact) mass is 499 g/mol. The second kappa shape index (κ2) is 11.0. The molecule has 0 spiro atoms. The summed E-state index contributed by atoms with van der Waals surface area (Å²) in [6.07, 6.45) is 0.221. The van der Waals surface area contributed by atoms with Gasteiger partial charge in [0.15, 0.2) is 0 Å². The number of rotatable bonds is 7. The highest BCUT2D eigenvalue weighted by molar-refractivity contribution is 5.99. The fourth-order valence-corrected chi connectivity index (χ4v) is 5.17. The molecule has 3 aromatic carbocycles. The molecule has 2 unspecified atom stereocenters. The summed E-state index contributed by atoms with van der Waals surface area (Å²) in [6, 6.07) is 23.7. The van der Waals surface area contributed by atoms with Gasteiger partial charge in [-0.15, -0.1) is 0 Å². The van der Waals surface area contributed by atoms with Crippen molar-refractivity contribution in [1.29, 1.82) is 0 Å². The quantitative estimate of drug-likeness (QED) is 0.510. The fraction of sp³-hybridized carbons (Fsp3) is 0.333. The van der Waals surface area contributed by atoms with Crippen molar-refractivity contribution in [3.63, 3.8) is 0 Å². The highest BCUT2D eigenvalue weighted by atomic mass is 16.5. The zero-order chi connectivity index (χ0) is 25.8. The van der Waals surface area contributed by atoms with Crippen LogP contribution < -0.4 is 15.0 Å². The molecule has 1 fully saturated rings. The van der Waals surface area contributed by atoms with Crippen LogP contribution in [0.1, 0.15) is 29.3 Å². The predicted octanol–water partition coefficient (Wildman–Crippen LogP) is 4.07. The molecule has 0 saturated carbocycles. The fourth-order valence-electron chi connectivity index (χ4n) is 5.17. The standard InChI is InChI=1S/C30H33N3O4/c1-21(17-29(34)35)33-20-26(18-22-5-3-2-4-6-22)37-28-12-9-24(19-27(28)30(33)36)23-7-10-25(11-8-23)32-15-13-31-14-16-32/h2-12,19,21,26,31H,13-18,20H2,1H3,(H,34,35). The molecule has 0 radical (unpaired) electrons. The number of carboxylic acid groups (broad SMARTS) is 1. The van der Waals surface area contributed by atoms with Crippen LogP contribution in [0.15, 0.2) is 72.8 Å². The highest BCUT2D eigenvalue weighted by Gasteiger charge is 2.33. The van der Waals surface area contributed by atoms with Gasteiger partial charge in [-0.2, -0.15) is 0 Å². The smallest absolute Gasteiger partial charge is 0.305 e. The summed E-state index contributed by atoms with van der Waals surface area (Å²) < 4.78 is 6.38. The Kier molecular flexibility index (Phi) is 7.42. The minimum absolute atomic E-state index is 0.119. The summed E-state index contributed by atoms with van der Waals surface area (Å²) in [6.45, 7) is 6.05. The number of nitrogens with zero attached hydrogens (tertiary/aromatic N) is 2. The van der Waals surface area contributed by atoms with Crippen LogP contribution >= 0.6 is 0 Å². The van der Waals surface area contributed by atoms with Gasteiger partial charge in [0.05, 0.1) is 18.5 Å². The van der Waals surface area contributed by atoms with Crippen LogP contribution in [0.3, 0.4) is 0 Å². The lowest BCUT2D eigenvalue weighted by atomic mass is 10.0. The molecular formula is C30H33N3O4. The van der Waals surface area contributed by atoms with Crippen molar-refractivity contribution in [3.05, 3.63) is 83.9 Å². The Bertz CT molecular complexity index is 1240. The average molecular weight is 500 g/mol. The normalized spacial score (nSPS) is 18.5. The van der Waals surface area contributed by atoms with Gasteiger partial charge in [0, 0.05) is 44.3 Å². The maximum Gasteiger partial charge on any atom is 0.305 e. The molecule has 3 aromatic rings. The number of amides is 1. The molecule has 192 valence electrons. The first-order valence-corrected chi connectivity index (χ1v) is 12.9. The second-order valence-electron chi connectivity index (χ2n) is 9.83. The molecule has 2 aliphatic heterocycles. The number of carbonyl (C=O) groups is 2. The Morgan fingerprint density at radius 1 is 1.03 bits per heavy atom. The van der Waals surface area contributed by atoms with E-state index in [-0.39, 0.29) is 18.4 Å². The summed E-state index contributed by atoms with van der Waals surface area (Å²) in [5.74, 6) is -0.584. The van der Waals surface area contributed by atoms with Gasteiger partial charge in [-0.25, -0.2) is 0 Å². The van der Waals surface area contributed by atoms with Crippen molar-refractivity contribution in [1.82, 2.24) is 10.2 Å². The molecular weight excluding hydrogens is 466 g/mol. The molecule has 0 bridgehead atoms. The number of hydrogen-bond donors (Lipinski definition) is 2. The van der Waals surface area contributed by atoms with E-state index in [0.717, 1.165) is 42.9 Å². The number of carboxylic acids is 1. The van der Waals surface area contributed by atoms with Gasteiger partial charge in [-0.05, 0) is 47.9 Å². The largest absolute Gasteiger partial charge is 0.487 e. The van der Waals surface area contributed by atoms with Crippen LogP contribution in [0.4, 0.5) is 5.69 Å². The third kappa shape index (κ3) is 5.78. The zero-order valence-corrected chi connectivity index (χ0v) is 21.1. The molecule has 7 heteroatoms. The summed E-state index contributed by atoms with van der Waals surface area (Å²) in [7, 11) is 0. The SMILES string of the molecule is CC(CC(=O)O)N1CC(Cc2ccccc2)Oc2ccc(-c3ccc(N4CCNCC4)cc3)cc2C1=O. The van der Waals surface area contributed by atoms with Crippen LogP contribution in [0.2, 0.25) is 0 Å². The number of piperazine rings is 1. The molecule has 37 heavy (non-hydrogen) atoms. The first kappa shape index (κ1) is 24.8. The predicted molar refractivity (Wildman–Crippen MR) is 144 cm³/mol. The topological polar surface area (TPSA) is 82.1 Å². The van der Waals surface area contributed by atoms with E-state index in [1.807, 2.05) is 48.5 Å². The van der Waals surface area contributed by atoms with Crippen molar-refractivity contribution in [2.45, 2.75) is 31.9 Å². The lowest BCUT2D eigenvalue weighted by Gasteiger charge is -2.29. The Labute approximate surface area is 217 Å². The third-order valence-corrected chi connectivity index (χ3v) is 7.16. The van der Waals surface area contributed by atoms with Crippen LogP contribution in [0.25, 0.3) is 11.1 Å². The van der Waals surface area contributed by atoms with Crippen LogP contribution in [0, 0.1) is 0 Å². The Morgan fingerprint density at radius 3 is 2.43 bits per heavy atom. The van der Waals surface area contributed by atoms with Gasteiger partial charge in [-0.1, -0.05) is 48.5 Å². The Balaban J connectivity index is 1.44. The van der Waals surface area contributed by atoms with Crippen molar-refractivity contribution in [3.8, 4) is 16.9 Å². The van der Waals surface area contributed by atoms with Crippen molar-refractivity contribution >= 4 is 17.6 Å². The molecule has 1 amide bonds. The number of carbonyl (C=O) groups excluding carboxylic acids is 1. The summed E-state index contributed by atoms with van der Waals surface area (Å²) in [4.78, 5) is 29.2. The van der Waals surface area contributed by atoms with E-state index in [9.17, 15) is 14.7 Å². The van der Waals surface area contributed by atoms with E-state index >= 15 is 0 Å². The summed E-state index contributed by atoms with van der Waals surface area (Å²) >= 11 is 0. The number of anilines is 1. The van der Waals surface area contributed by atoms with E-state index in [1.165, 1.54) is 5.69 Å². The minimum atomic E-state index is -0.927. The lowest BCUT2D eigenvalue weighted by Crippen LogP contribution is -2.44. The van der Waals surface area contributed by atoms with Gasteiger partial charge in [0.1, 0.15) is 11.9 Å². The number of hydrogen-bond acceptors (Lipinski definition) is 5. The number of fused-ring (bicyclic) bond motifs is 1. The lowest BCUT2D eigenvalue weighted by molar-refractivity contribution is -0.138. The van der Waals surface area contributed by atoms with Crippen molar-refractivity contribution < 1.29 is 19.4 Å². The summed E-state index contributed by atoms with van der Waals surface area (Å²) in [5, 5.41) is 12.8. The highest BCUT2D eigenvalue weighted by Crippen LogP contribution is 2.33. The molecule has 2 N–H and O–H groups in total. The maximum absolute atomic E-state index is 13.7. The van der Waals surface area contributed by atoms with Crippen molar-refractivity contribution in [2.75, 3.05) is 37.6 Å². The van der Waals surface area contributed by atoms with E-state index in [0.29, 0.717) is 24.3 Å². The second-order valence-corrected chi connectivity index (χ2v) is 9.83. The number of ether oxygens (including phenoxy) is 1. The number of aliphatic carboxylic acids is 1. The van der Waals surface area contributed by atoms with Crippen LogP contribution in [0.5, 0.6) is 5.75 Å². The first-order chi connectivity index (χ1) is 18.0. The Hall–Kier alpha value is -3.84. The molecule has 7 nitrogen and oxygen atoms in total. The van der Waals surface area contributed by atoms with Crippen LogP contribution in [-0.2, 0) is 11.2 Å². The molecule has 2 aliphatic rings. The van der Waals surface area contributed by atoms with Gasteiger partial charge >= 0.3 is 5.97 Å². The first-order valence-electron chi connectivity index (χ1n) is 12.9. The zero-order valence-electron chi connectivity index (χ0n) is 21.1. The van der Waals surface area contributed by atoms with Gasteiger partial charge in [0.2, 0.25) is 0 Å². The minimum Gasteiger partial charge on any atom is -0.487 e. The third-order valence-electron chi connectivity index (χ3n) is 7.16. The van der Waals surface area contributed by atoms with E-state index in [2.05, 4.69) is 34.5 Å². The molecule has 2 atom stereocenters. The number of benzene rings is 3. The maximum atomic E-state index is 13.7. The van der Waals surface area contributed by atoms with Gasteiger partial charge in [-0.3, -0.25) is 9.59 Å². The van der Waals surface area contributed by atoms with E-state index < -0.39 is 12.0 Å². The average Bonchev–Trinajstić information content (AvgIpc) is 3.05. The van der Waals surface area contributed by atoms with Gasteiger partial charge in [0.25, 0.3) is 5.91 Å². The Morgan fingerprint density at radius 2 is 1.73 bits per heavy atom. The van der Waals surface area contributed by atoms with Crippen LogP contribution in [-0.4, -0.2) is 66.8 Å². The number of nitrogens with one attached hydrogen (secondary N) is 1. The van der Waals surface area contributed by atoms with E-state index in [4.69, 9.17) is 4.74 Å². The van der Waals surface area contributed by atoms with Crippen molar-refractivity contribution in [2.24, 2.45) is 0 Å². The van der Waals surface area contributed by atoms with Gasteiger partial charge < -0.3 is 25.0 Å². The molecule has 0 aliphatic carbocycles. The molecule has 1 saturated heterocycles. The molecule has 0 aromatic heterocycles.